The molecule has 94 valence electrons. The molecule has 0 aromatic heterocycles. The van der Waals surface area contributed by atoms with Gasteiger partial charge in [-0.1, -0.05) is 48.5 Å². The summed E-state index contributed by atoms with van der Waals surface area (Å²) in [6.07, 6.45) is -0.752. The van der Waals surface area contributed by atoms with Crippen molar-refractivity contribution in [3.8, 4) is 0 Å². The van der Waals surface area contributed by atoms with Crippen LogP contribution >= 0.6 is 0 Å². The molecule has 0 atom stereocenters. The lowest BCUT2D eigenvalue weighted by Crippen LogP contribution is -2.12. The molecular weight excluding hydrogens is 238 g/mol. The van der Waals surface area contributed by atoms with Crippen molar-refractivity contribution in [3.05, 3.63) is 60.2 Å². The lowest BCUT2D eigenvalue weighted by Gasteiger charge is -2.07. The number of carbonyl (C=O) groups is 1. The normalized spacial score (nSPS) is 10.7. The van der Waals surface area contributed by atoms with Crippen molar-refractivity contribution in [2.45, 2.75) is 6.61 Å². The molecule has 3 aromatic carbocycles. The Kier molecular flexibility index (Phi) is 2.80. The van der Waals surface area contributed by atoms with Gasteiger partial charge in [0.1, 0.15) is 6.61 Å². The van der Waals surface area contributed by atoms with Crippen molar-refractivity contribution in [1.82, 2.24) is 0 Å². The molecular formula is C16H13NO2. The van der Waals surface area contributed by atoms with Gasteiger partial charge in [0.05, 0.1) is 0 Å². The van der Waals surface area contributed by atoms with Gasteiger partial charge in [-0.2, -0.15) is 0 Å². The Morgan fingerprint density at radius 1 is 0.947 bits per heavy atom. The van der Waals surface area contributed by atoms with Gasteiger partial charge in [-0.15, -0.1) is 0 Å². The number of fused-ring (bicyclic) bond motifs is 3. The quantitative estimate of drug-likeness (QED) is 0.707. The van der Waals surface area contributed by atoms with Gasteiger partial charge in [-0.25, -0.2) is 4.79 Å². The van der Waals surface area contributed by atoms with E-state index in [0.717, 1.165) is 10.9 Å². The van der Waals surface area contributed by atoms with Crippen LogP contribution in [0.1, 0.15) is 5.56 Å². The topological polar surface area (TPSA) is 52.3 Å². The van der Waals surface area contributed by atoms with Crippen molar-refractivity contribution >= 4 is 27.6 Å². The monoisotopic (exact) mass is 251 g/mol. The molecule has 0 heterocycles. The Morgan fingerprint density at radius 3 is 2.42 bits per heavy atom. The molecule has 0 saturated heterocycles. The summed E-state index contributed by atoms with van der Waals surface area (Å²) >= 11 is 0. The molecule has 0 bridgehead atoms. The first-order chi connectivity index (χ1) is 9.24. The molecule has 0 aliphatic heterocycles. The van der Waals surface area contributed by atoms with Gasteiger partial charge in [-0.3, -0.25) is 0 Å². The number of carbonyl (C=O) groups excluding carboxylic acids is 1. The summed E-state index contributed by atoms with van der Waals surface area (Å²) in [6.45, 7) is 0.203. The Bertz CT molecular complexity index is 765. The largest absolute Gasteiger partial charge is 0.445 e. The second-order valence-corrected chi connectivity index (χ2v) is 4.45. The molecule has 0 spiro atoms. The van der Waals surface area contributed by atoms with E-state index in [4.69, 9.17) is 10.5 Å². The second kappa shape index (κ2) is 4.61. The molecule has 19 heavy (non-hydrogen) atoms. The third-order valence-electron chi connectivity index (χ3n) is 3.19. The fourth-order valence-electron chi connectivity index (χ4n) is 2.29. The summed E-state index contributed by atoms with van der Waals surface area (Å²) in [6, 6.07) is 18.4. The Labute approximate surface area is 110 Å². The van der Waals surface area contributed by atoms with Crippen LogP contribution in [0.2, 0.25) is 0 Å². The average Bonchev–Trinajstić information content (AvgIpc) is 2.44. The lowest BCUT2D eigenvalue weighted by molar-refractivity contribution is 0.150. The smallest absolute Gasteiger partial charge is 0.404 e. The number of nitrogens with two attached hydrogens (primary N) is 1. The highest BCUT2D eigenvalue weighted by Gasteiger charge is 2.03. The molecule has 0 unspecified atom stereocenters. The summed E-state index contributed by atoms with van der Waals surface area (Å²) in [5.74, 6) is 0. The van der Waals surface area contributed by atoms with Crippen molar-refractivity contribution in [1.29, 1.82) is 0 Å². The van der Waals surface area contributed by atoms with Crippen LogP contribution in [-0.4, -0.2) is 6.09 Å². The molecule has 0 fully saturated rings. The van der Waals surface area contributed by atoms with Crippen LogP contribution < -0.4 is 5.73 Å². The number of hydrogen-bond donors (Lipinski definition) is 1. The Morgan fingerprint density at radius 2 is 1.63 bits per heavy atom. The molecule has 3 rings (SSSR count). The minimum Gasteiger partial charge on any atom is -0.445 e. The van der Waals surface area contributed by atoms with Gasteiger partial charge >= 0.3 is 6.09 Å². The number of benzene rings is 3. The summed E-state index contributed by atoms with van der Waals surface area (Å²) in [5, 5.41) is 4.72. The van der Waals surface area contributed by atoms with E-state index >= 15 is 0 Å². The van der Waals surface area contributed by atoms with Crippen molar-refractivity contribution in [3.63, 3.8) is 0 Å². The lowest BCUT2D eigenvalue weighted by atomic mass is 10.0. The Hall–Kier alpha value is -2.55. The predicted molar refractivity (Wildman–Crippen MR) is 75.8 cm³/mol. The average molecular weight is 251 g/mol. The summed E-state index contributed by atoms with van der Waals surface area (Å²) in [4.78, 5) is 10.6. The van der Waals surface area contributed by atoms with Crippen LogP contribution in [0, 0.1) is 0 Å². The molecule has 3 nitrogen and oxygen atoms in total. The zero-order valence-corrected chi connectivity index (χ0v) is 10.3. The fraction of sp³-hybridized carbons (Fsp3) is 0.0625. The third-order valence-corrected chi connectivity index (χ3v) is 3.19. The highest BCUT2D eigenvalue weighted by Crippen LogP contribution is 2.26. The molecule has 3 heteroatoms. The second-order valence-electron chi connectivity index (χ2n) is 4.45. The van der Waals surface area contributed by atoms with Crippen LogP contribution in [-0.2, 0) is 11.3 Å². The van der Waals surface area contributed by atoms with Crippen LogP contribution in [0.3, 0.4) is 0 Å². The van der Waals surface area contributed by atoms with E-state index in [1.807, 2.05) is 30.3 Å². The van der Waals surface area contributed by atoms with Crippen LogP contribution in [0.4, 0.5) is 4.79 Å². The zero-order chi connectivity index (χ0) is 13.2. The minimum absolute atomic E-state index is 0.203. The number of primary amides is 1. The van der Waals surface area contributed by atoms with Crippen LogP contribution in [0.15, 0.2) is 54.6 Å². The number of rotatable bonds is 2. The van der Waals surface area contributed by atoms with Crippen molar-refractivity contribution in [2.24, 2.45) is 5.73 Å². The number of ether oxygens (including phenoxy) is 1. The first-order valence-electron chi connectivity index (χ1n) is 6.07. The van der Waals surface area contributed by atoms with E-state index in [2.05, 4.69) is 24.3 Å². The maximum Gasteiger partial charge on any atom is 0.404 e. The summed E-state index contributed by atoms with van der Waals surface area (Å²) in [5.41, 5.74) is 5.92. The molecule has 0 aliphatic rings. The number of hydrogen-bond acceptors (Lipinski definition) is 2. The van der Waals surface area contributed by atoms with Gasteiger partial charge in [0.25, 0.3) is 0 Å². The Balaban J connectivity index is 2.14. The fourth-order valence-corrected chi connectivity index (χ4v) is 2.29. The standard InChI is InChI=1S/C16H13NO2/c17-16(18)19-10-11-5-6-13-8-7-12-3-1-2-4-14(12)15(13)9-11/h1-9H,10H2,(H2,17,18). The maximum atomic E-state index is 10.6. The van der Waals surface area contributed by atoms with E-state index in [9.17, 15) is 4.79 Å². The molecule has 0 aliphatic carbocycles. The van der Waals surface area contributed by atoms with Crippen LogP contribution in [0.5, 0.6) is 0 Å². The molecule has 2 N–H and O–H groups in total. The summed E-state index contributed by atoms with van der Waals surface area (Å²) < 4.78 is 4.83. The third kappa shape index (κ3) is 2.22. The summed E-state index contributed by atoms with van der Waals surface area (Å²) in [7, 11) is 0. The molecule has 3 aromatic rings. The van der Waals surface area contributed by atoms with Gasteiger partial charge in [-0.05, 0) is 33.2 Å². The predicted octanol–water partition coefficient (Wildman–Crippen LogP) is 3.59. The zero-order valence-electron chi connectivity index (χ0n) is 10.3. The van der Waals surface area contributed by atoms with E-state index in [1.165, 1.54) is 16.2 Å². The van der Waals surface area contributed by atoms with E-state index in [0.29, 0.717) is 0 Å². The minimum atomic E-state index is -0.752. The molecule has 1 amide bonds. The first-order valence-corrected chi connectivity index (χ1v) is 6.07. The molecule has 0 radical (unpaired) electrons. The SMILES string of the molecule is NC(=O)OCc1ccc2ccc3ccccc3c2c1. The van der Waals surface area contributed by atoms with E-state index in [-0.39, 0.29) is 6.61 Å². The van der Waals surface area contributed by atoms with Crippen LogP contribution in [0.25, 0.3) is 21.5 Å². The van der Waals surface area contributed by atoms with Gasteiger partial charge in [0.2, 0.25) is 0 Å². The maximum absolute atomic E-state index is 10.6. The first kappa shape index (κ1) is 11.5. The number of amides is 1. The molecule has 0 saturated carbocycles. The van der Waals surface area contributed by atoms with Gasteiger partial charge in [0, 0.05) is 0 Å². The highest BCUT2D eigenvalue weighted by atomic mass is 16.5. The van der Waals surface area contributed by atoms with Crippen molar-refractivity contribution < 1.29 is 9.53 Å². The van der Waals surface area contributed by atoms with Crippen molar-refractivity contribution in [2.75, 3.05) is 0 Å². The van der Waals surface area contributed by atoms with E-state index in [1.54, 1.807) is 0 Å². The highest BCUT2D eigenvalue weighted by molar-refractivity contribution is 6.07. The van der Waals surface area contributed by atoms with Gasteiger partial charge in [0.15, 0.2) is 0 Å². The van der Waals surface area contributed by atoms with Gasteiger partial charge < -0.3 is 10.5 Å². The van der Waals surface area contributed by atoms with E-state index < -0.39 is 6.09 Å².